The smallest absolute Gasteiger partial charge is 0.410 e. The average molecular weight is 530 g/mol. The third-order valence-electron chi connectivity index (χ3n) is 7.50. The summed E-state index contributed by atoms with van der Waals surface area (Å²) < 4.78 is 27.3. The second-order valence-electron chi connectivity index (χ2n) is 11.4. The standard InChI is InChI=1S/C30H32FN5O3/c1-17-9-10-18-7-6-8-21(22(18)13-17)25-24(31)26-23(14-32-25)27(34-28(33-26)38-5)35-15-19-11-12-20(16-35)36(19)29(37)39-30(2,3)4/h6-10,13-14,19-20H,11-12,15-16H2,1-5H3. The number of aryl methyl sites for hydroxylation is 1. The van der Waals surface area contributed by atoms with Crippen LogP contribution in [0.4, 0.5) is 15.0 Å². The third kappa shape index (κ3) is 4.49. The second kappa shape index (κ2) is 9.32. The molecule has 0 N–H and O–H groups in total. The summed E-state index contributed by atoms with van der Waals surface area (Å²) in [5.74, 6) is 0.0446. The molecule has 2 aromatic carbocycles. The van der Waals surface area contributed by atoms with Crippen LogP contribution in [-0.2, 0) is 4.74 Å². The van der Waals surface area contributed by atoms with Gasteiger partial charge in [0.2, 0.25) is 0 Å². The van der Waals surface area contributed by atoms with E-state index in [1.54, 1.807) is 6.20 Å². The van der Waals surface area contributed by atoms with Crippen LogP contribution < -0.4 is 9.64 Å². The van der Waals surface area contributed by atoms with Crippen molar-refractivity contribution in [3.05, 3.63) is 54.0 Å². The largest absolute Gasteiger partial charge is 0.467 e. The molecule has 2 fully saturated rings. The summed E-state index contributed by atoms with van der Waals surface area (Å²) in [5, 5.41) is 2.46. The Balaban J connectivity index is 1.41. The Morgan fingerprint density at radius 1 is 1.05 bits per heavy atom. The first kappa shape index (κ1) is 25.3. The number of aromatic nitrogens is 3. The first-order chi connectivity index (χ1) is 18.6. The van der Waals surface area contributed by atoms with Crippen molar-refractivity contribution in [2.24, 2.45) is 0 Å². The van der Waals surface area contributed by atoms with Crippen LogP contribution in [0.2, 0.25) is 0 Å². The van der Waals surface area contributed by atoms with Crippen molar-refractivity contribution in [2.75, 3.05) is 25.1 Å². The van der Waals surface area contributed by atoms with E-state index in [0.29, 0.717) is 29.9 Å². The minimum atomic E-state index is -0.562. The van der Waals surface area contributed by atoms with E-state index in [4.69, 9.17) is 9.47 Å². The van der Waals surface area contributed by atoms with E-state index in [2.05, 4.69) is 19.9 Å². The molecule has 0 spiro atoms. The number of ether oxygens (including phenoxy) is 2. The number of pyridine rings is 1. The summed E-state index contributed by atoms with van der Waals surface area (Å²) in [6.07, 6.45) is 3.11. The fraction of sp³-hybridized carbons (Fsp3) is 0.400. The summed E-state index contributed by atoms with van der Waals surface area (Å²) in [7, 11) is 1.47. The van der Waals surface area contributed by atoms with Crippen LogP contribution in [-0.4, -0.2) is 63.8 Å². The van der Waals surface area contributed by atoms with Gasteiger partial charge in [0.15, 0.2) is 5.82 Å². The highest BCUT2D eigenvalue weighted by Crippen LogP contribution is 2.38. The van der Waals surface area contributed by atoms with Crippen LogP contribution in [0.15, 0.2) is 42.6 Å². The highest BCUT2D eigenvalue weighted by molar-refractivity contribution is 5.99. The summed E-state index contributed by atoms with van der Waals surface area (Å²) in [4.78, 5) is 30.5. The van der Waals surface area contributed by atoms with Gasteiger partial charge in [-0.2, -0.15) is 9.97 Å². The maximum atomic E-state index is 16.2. The molecule has 39 heavy (non-hydrogen) atoms. The van der Waals surface area contributed by atoms with Crippen molar-refractivity contribution in [1.29, 1.82) is 0 Å². The molecule has 2 unspecified atom stereocenters. The number of fused-ring (bicyclic) bond motifs is 4. The van der Waals surface area contributed by atoms with Gasteiger partial charge < -0.3 is 14.4 Å². The molecule has 202 valence electrons. The Morgan fingerprint density at radius 2 is 1.79 bits per heavy atom. The summed E-state index contributed by atoms with van der Waals surface area (Å²) >= 11 is 0. The lowest BCUT2D eigenvalue weighted by Gasteiger charge is -2.42. The topological polar surface area (TPSA) is 80.7 Å². The van der Waals surface area contributed by atoms with Gasteiger partial charge in [0.05, 0.1) is 24.6 Å². The second-order valence-corrected chi connectivity index (χ2v) is 11.4. The van der Waals surface area contributed by atoms with Gasteiger partial charge >= 0.3 is 12.1 Å². The Bertz CT molecular complexity index is 1590. The Kier molecular flexibility index (Phi) is 6.04. The zero-order valence-electron chi connectivity index (χ0n) is 22.9. The number of amides is 1. The Morgan fingerprint density at radius 3 is 2.49 bits per heavy atom. The molecule has 2 aliphatic rings. The van der Waals surface area contributed by atoms with Gasteiger partial charge in [-0.05, 0) is 51.3 Å². The van der Waals surface area contributed by atoms with E-state index < -0.39 is 11.4 Å². The van der Waals surface area contributed by atoms with Crippen LogP contribution in [0, 0.1) is 12.7 Å². The van der Waals surface area contributed by atoms with Crippen LogP contribution in [0.3, 0.4) is 0 Å². The molecule has 9 heteroatoms. The number of carbonyl (C=O) groups excluding carboxylic acids is 1. The fourth-order valence-corrected chi connectivity index (χ4v) is 5.82. The van der Waals surface area contributed by atoms with E-state index in [1.165, 1.54) is 7.11 Å². The van der Waals surface area contributed by atoms with Gasteiger partial charge in [0.25, 0.3) is 0 Å². The van der Waals surface area contributed by atoms with E-state index in [1.807, 2.05) is 69.0 Å². The minimum Gasteiger partial charge on any atom is -0.467 e. The number of anilines is 1. The average Bonchev–Trinajstić information content (AvgIpc) is 3.17. The van der Waals surface area contributed by atoms with E-state index in [0.717, 1.165) is 29.2 Å². The van der Waals surface area contributed by atoms with E-state index in [-0.39, 0.29) is 35.4 Å². The van der Waals surface area contributed by atoms with Gasteiger partial charge in [-0.3, -0.25) is 9.88 Å². The number of hydrogen-bond donors (Lipinski definition) is 0. The van der Waals surface area contributed by atoms with Crippen molar-refractivity contribution in [1.82, 2.24) is 19.9 Å². The number of benzene rings is 2. The van der Waals surface area contributed by atoms with Gasteiger partial charge in [0, 0.05) is 24.8 Å². The molecule has 6 rings (SSSR count). The number of halogens is 1. The molecule has 2 aliphatic heterocycles. The lowest BCUT2D eigenvalue weighted by molar-refractivity contribution is 0.0123. The third-order valence-corrected chi connectivity index (χ3v) is 7.50. The van der Waals surface area contributed by atoms with Crippen LogP contribution in [0.1, 0.15) is 39.2 Å². The predicted octanol–water partition coefficient (Wildman–Crippen LogP) is 5.89. The molecule has 0 saturated carbocycles. The molecule has 8 nitrogen and oxygen atoms in total. The van der Waals surface area contributed by atoms with E-state index in [9.17, 15) is 4.79 Å². The Labute approximate surface area is 226 Å². The zero-order valence-corrected chi connectivity index (χ0v) is 22.9. The quantitative estimate of drug-likeness (QED) is 0.327. The molecule has 0 radical (unpaired) electrons. The maximum absolute atomic E-state index is 16.2. The first-order valence-corrected chi connectivity index (χ1v) is 13.3. The molecule has 4 heterocycles. The van der Waals surface area contributed by atoms with Crippen molar-refractivity contribution < 1.29 is 18.7 Å². The normalized spacial score (nSPS) is 19.1. The van der Waals surface area contributed by atoms with Gasteiger partial charge in [0.1, 0.15) is 22.6 Å². The highest BCUT2D eigenvalue weighted by Gasteiger charge is 2.45. The summed E-state index contributed by atoms with van der Waals surface area (Å²) in [6, 6.07) is 11.9. The molecule has 2 aromatic heterocycles. The molecule has 2 saturated heterocycles. The molecular formula is C30H32FN5O3. The van der Waals surface area contributed by atoms with Crippen LogP contribution in [0.5, 0.6) is 6.01 Å². The molecule has 2 bridgehead atoms. The minimum absolute atomic E-state index is 0.0226. The van der Waals surface area contributed by atoms with Crippen molar-refractivity contribution >= 4 is 33.6 Å². The fourth-order valence-electron chi connectivity index (χ4n) is 5.82. The number of hydrogen-bond acceptors (Lipinski definition) is 7. The van der Waals surface area contributed by atoms with Crippen molar-refractivity contribution in [3.8, 4) is 17.3 Å². The number of carbonyl (C=O) groups is 1. The Hall–Kier alpha value is -4.01. The lowest BCUT2D eigenvalue weighted by atomic mass is 9.99. The summed E-state index contributed by atoms with van der Waals surface area (Å²) in [6.45, 7) is 8.74. The number of rotatable bonds is 3. The zero-order chi connectivity index (χ0) is 27.5. The maximum Gasteiger partial charge on any atom is 0.410 e. The van der Waals surface area contributed by atoms with Gasteiger partial charge in [-0.1, -0.05) is 42.0 Å². The van der Waals surface area contributed by atoms with Crippen LogP contribution >= 0.6 is 0 Å². The monoisotopic (exact) mass is 529 g/mol. The SMILES string of the molecule is COc1nc(N2CC3CCC(C2)N3C(=O)OC(C)(C)C)c2cnc(-c3cccc4ccc(C)cc34)c(F)c2n1. The number of nitrogens with zero attached hydrogens (tertiary/aromatic N) is 5. The lowest BCUT2D eigenvalue weighted by Crippen LogP contribution is -2.57. The van der Waals surface area contributed by atoms with Crippen molar-refractivity contribution in [2.45, 2.75) is 58.2 Å². The number of piperazine rings is 1. The highest BCUT2D eigenvalue weighted by atomic mass is 19.1. The number of methoxy groups -OCH3 is 1. The molecular weight excluding hydrogens is 497 g/mol. The molecule has 4 aromatic rings. The summed E-state index contributed by atoms with van der Waals surface area (Å²) in [5.41, 5.74) is 1.63. The van der Waals surface area contributed by atoms with Crippen molar-refractivity contribution in [3.63, 3.8) is 0 Å². The predicted molar refractivity (Wildman–Crippen MR) is 149 cm³/mol. The molecule has 2 atom stereocenters. The van der Waals surface area contributed by atoms with Crippen LogP contribution in [0.25, 0.3) is 32.9 Å². The van der Waals surface area contributed by atoms with Gasteiger partial charge in [-0.25, -0.2) is 9.18 Å². The van der Waals surface area contributed by atoms with E-state index >= 15 is 4.39 Å². The van der Waals surface area contributed by atoms with Gasteiger partial charge in [-0.15, -0.1) is 0 Å². The molecule has 0 aliphatic carbocycles. The molecule has 1 amide bonds. The first-order valence-electron chi connectivity index (χ1n) is 13.3.